The van der Waals surface area contributed by atoms with Crippen molar-refractivity contribution in [2.75, 3.05) is 26.2 Å². The minimum atomic E-state index is -0.0652. The lowest BCUT2D eigenvalue weighted by Crippen LogP contribution is -2.51. The summed E-state index contributed by atoms with van der Waals surface area (Å²) in [5.41, 5.74) is 0. The summed E-state index contributed by atoms with van der Waals surface area (Å²) in [6.07, 6.45) is 5.39. The van der Waals surface area contributed by atoms with Gasteiger partial charge in [0.05, 0.1) is 6.26 Å². The monoisotopic (exact) mass is 319 g/mol. The molecule has 0 spiro atoms. The highest BCUT2D eigenvalue weighted by Gasteiger charge is 2.28. The number of nitrogens with one attached hydrogen (secondary N) is 1. The molecule has 23 heavy (non-hydrogen) atoms. The Morgan fingerprint density at radius 3 is 2.61 bits per heavy atom. The minimum absolute atomic E-state index is 0.0485. The third-order valence-corrected chi connectivity index (χ3v) is 4.79. The number of carbonyl (C=O) groups is 2. The highest BCUT2D eigenvalue weighted by atomic mass is 16.3. The van der Waals surface area contributed by atoms with E-state index in [9.17, 15) is 9.59 Å². The molecule has 1 N–H and O–H groups in total. The van der Waals surface area contributed by atoms with E-state index in [1.807, 2.05) is 4.90 Å². The predicted octanol–water partition coefficient (Wildman–Crippen LogP) is 2.33. The van der Waals surface area contributed by atoms with Crippen molar-refractivity contribution < 1.29 is 14.0 Å². The summed E-state index contributed by atoms with van der Waals surface area (Å²) in [4.78, 5) is 28.3. The molecular weight excluding hydrogens is 294 g/mol. The Bertz CT molecular complexity index is 535. The number of hydrogen-bond acceptors (Lipinski definition) is 3. The van der Waals surface area contributed by atoms with Gasteiger partial charge in [-0.2, -0.15) is 0 Å². The van der Waals surface area contributed by atoms with Crippen molar-refractivity contribution in [3.8, 4) is 0 Å². The molecule has 6 nitrogen and oxygen atoms in total. The SMILES string of the molecule is CC1CCCN(C(=O)NC2CCN(C(=O)c3ccco3)CC2)C1. The molecule has 0 radical (unpaired) electrons. The van der Waals surface area contributed by atoms with Crippen LogP contribution in [0.15, 0.2) is 22.8 Å². The van der Waals surface area contributed by atoms with Gasteiger partial charge in [0.2, 0.25) is 0 Å². The van der Waals surface area contributed by atoms with Crippen LogP contribution >= 0.6 is 0 Å². The Morgan fingerprint density at radius 1 is 1.17 bits per heavy atom. The first-order valence-corrected chi connectivity index (χ1v) is 8.51. The van der Waals surface area contributed by atoms with E-state index in [-0.39, 0.29) is 18.0 Å². The molecule has 0 aliphatic carbocycles. The van der Waals surface area contributed by atoms with Gasteiger partial charge in [0, 0.05) is 32.2 Å². The quantitative estimate of drug-likeness (QED) is 0.910. The molecule has 3 rings (SSSR count). The van der Waals surface area contributed by atoms with Crippen LogP contribution in [-0.2, 0) is 0 Å². The summed E-state index contributed by atoms with van der Waals surface area (Å²) in [7, 11) is 0. The zero-order valence-electron chi connectivity index (χ0n) is 13.7. The number of rotatable bonds is 2. The summed E-state index contributed by atoms with van der Waals surface area (Å²) in [6.45, 7) is 5.20. The number of amides is 3. The summed E-state index contributed by atoms with van der Waals surface area (Å²) < 4.78 is 5.16. The molecule has 2 saturated heterocycles. The molecule has 2 fully saturated rings. The summed E-state index contributed by atoms with van der Waals surface area (Å²) >= 11 is 0. The van der Waals surface area contributed by atoms with Crippen LogP contribution in [0.2, 0.25) is 0 Å². The van der Waals surface area contributed by atoms with Gasteiger partial charge in [-0.3, -0.25) is 4.79 Å². The molecule has 1 aromatic heterocycles. The fraction of sp³-hybridized carbons (Fsp3) is 0.647. The minimum Gasteiger partial charge on any atom is -0.459 e. The van der Waals surface area contributed by atoms with Gasteiger partial charge >= 0.3 is 6.03 Å². The Labute approximate surface area is 136 Å². The highest BCUT2D eigenvalue weighted by Crippen LogP contribution is 2.17. The lowest BCUT2D eigenvalue weighted by atomic mass is 10.0. The van der Waals surface area contributed by atoms with Crippen molar-refractivity contribution in [1.82, 2.24) is 15.1 Å². The molecule has 2 aliphatic rings. The van der Waals surface area contributed by atoms with Crippen LogP contribution in [-0.4, -0.2) is 54.0 Å². The van der Waals surface area contributed by atoms with Gasteiger partial charge in [-0.25, -0.2) is 4.79 Å². The van der Waals surface area contributed by atoms with Crippen molar-refractivity contribution in [3.05, 3.63) is 24.2 Å². The topological polar surface area (TPSA) is 65.8 Å². The van der Waals surface area contributed by atoms with E-state index in [2.05, 4.69) is 12.2 Å². The molecule has 1 aromatic rings. The summed E-state index contributed by atoms with van der Waals surface area (Å²) in [5.74, 6) is 0.904. The molecule has 126 valence electrons. The molecule has 3 amide bonds. The lowest BCUT2D eigenvalue weighted by Gasteiger charge is -2.35. The predicted molar refractivity (Wildman–Crippen MR) is 86.1 cm³/mol. The molecule has 1 unspecified atom stereocenters. The van der Waals surface area contributed by atoms with Crippen molar-refractivity contribution >= 4 is 11.9 Å². The van der Waals surface area contributed by atoms with Crippen LogP contribution in [0.3, 0.4) is 0 Å². The molecule has 0 saturated carbocycles. The Morgan fingerprint density at radius 2 is 1.96 bits per heavy atom. The maximum absolute atomic E-state index is 12.3. The summed E-state index contributed by atoms with van der Waals surface area (Å²) in [6, 6.07) is 3.61. The van der Waals surface area contributed by atoms with Crippen LogP contribution in [0.4, 0.5) is 4.79 Å². The number of nitrogens with zero attached hydrogens (tertiary/aromatic N) is 2. The number of hydrogen-bond donors (Lipinski definition) is 1. The van der Waals surface area contributed by atoms with Crippen LogP contribution in [0.1, 0.15) is 43.2 Å². The molecule has 1 atom stereocenters. The lowest BCUT2D eigenvalue weighted by molar-refractivity contribution is 0.0673. The summed E-state index contributed by atoms with van der Waals surface area (Å²) in [5, 5.41) is 3.13. The van der Waals surface area contributed by atoms with Gasteiger partial charge < -0.3 is 19.5 Å². The number of urea groups is 1. The molecule has 3 heterocycles. The Kier molecular flexibility index (Phi) is 4.88. The average Bonchev–Trinajstić information content (AvgIpc) is 3.09. The fourth-order valence-electron chi connectivity index (χ4n) is 3.42. The molecule has 6 heteroatoms. The van der Waals surface area contributed by atoms with Crippen LogP contribution < -0.4 is 5.32 Å². The van der Waals surface area contributed by atoms with Gasteiger partial charge in [-0.15, -0.1) is 0 Å². The highest BCUT2D eigenvalue weighted by molar-refractivity contribution is 5.91. The number of piperidine rings is 2. The third kappa shape index (κ3) is 3.86. The fourth-order valence-corrected chi connectivity index (χ4v) is 3.42. The van der Waals surface area contributed by atoms with E-state index >= 15 is 0 Å². The van der Waals surface area contributed by atoms with Crippen LogP contribution in [0.5, 0.6) is 0 Å². The van der Waals surface area contributed by atoms with E-state index in [1.54, 1.807) is 17.0 Å². The molecule has 0 aromatic carbocycles. The second kappa shape index (κ2) is 7.06. The van der Waals surface area contributed by atoms with E-state index in [4.69, 9.17) is 4.42 Å². The third-order valence-electron chi connectivity index (χ3n) is 4.79. The number of likely N-dealkylation sites (tertiary alicyclic amines) is 2. The van der Waals surface area contributed by atoms with Gasteiger partial charge in [-0.1, -0.05) is 6.92 Å². The Hall–Kier alpha value is -1.98. The van der Waals surface area contributed by atoms with E-state index in [1.165, 1.54) is 12.7 Å². The molecular formula is C17H25N3O3. The van der Waals surface area contributed by atoms with Crippen molar-refractivity contribution in [2.45, 2.75) is 38.6 Å². The van der Waals surface area contributed by atoms with Crippen LogP contribution in [0, 0.1) is 5.92 Å². The van der Waals surface area contributed by atoms with Crippen molar-refractivity contribution in [1.29, 1.82) is 0 Å². The van der Waals surface area contributed by atoms with Crippen LogP contribution in [0.25, 0.3) is 0 Å². The average molecular weight is 319 g/mol. The molecule has 0 bridgehead atoms. The zero-order valence-corrected chi connectivity index (χ0v) is 13.7. The maximum atomic E-state index is 12.3. The molecule has 2 aliphatic heterocycles. The maximum Gasteiger partial charge on any atom is 0.317 e. The standard InChI is InChI=1S/C17H25N3O3/c1-13-4-2-8-20(12-13)17(22)18-14-6-9-19(10-7-14)16(21)15-5-3-11-23-15/h3,5,11,13-14H,2,4,6-10,12H2,1H3,(H,18,22). The number of carbonyl (C=O) groups excluding carboxylic acids is 2. The normalized spacial score (nSPS) is 22.9. The number of furan rings is 1. The van der Waals surface area contributed by atoms with Gasteiger partial charge in [0.1, 0.15) is 0 Å². The van der Waals surface area contributed by atoms with Gasteiger partial charge in [0.25, 0.3) is 5.91 Å². The first-order chi connectivity index (χ1) is 11.1. The second-order valence-corrected chi connectivity index (χ2v) is 6.69. The Balaban J connectivity index is 1.45. The van der Waals surface area contributed by atoms with E-state index < -0.39 is 0 Å². The smallest absolute Gasteiger partial charge is 0.317 e. The van der Waals surface area contributed by atoms with E-state index in [0.29, 0.717) is 24.8 Å². The van der Waals surface area contributed by atoms with Gasteiger partial charge in [-0.05, 0) is 43.7 Å². The first-order valence-electron chi connectivity index (χ1n) is 8.51. The van der Waals surface area contributed by atoms with E-state index in [0.717, 1.165) is 32.4 Å². The van der Waals surface area contributed by atoms with Crippen molar-refractivity contribution in [2.24, 2.45) is 5.92 Å². The zero-order chi connectivity index (χ0) is 16.2. The largest absolute Gasteiger partial charge is 0.459 e. The van der Waals surface area contributed by atoms with Gasteiger partial charge in [0.15, 0.2) is 5.76 Å². The van der Waals surface area contributed by atoms with Crippen molar-refractivity contribution in [3.63, 3.8) is 0 Å². The first kappa shape index (κ1) is 15.9. The second-order valence-electron chi connectivity index (χ2n) is 6.69.